The van der Waals surface area contributed by atoms with Gasteiger partial charge in [0.15, 0.2) is 5.70 Å². The highest BCUT2D eigenvalue weighted by Crippen LogP contribution is 2.23. The van der Waals surface area contributed by atoms with E-state index in [1.54, 1.807) is 48.7 Å². The number of hydrogen-bond donors (Lipinski definition) is 0. The molecule has 4 nitrogen and oxygen atoms in total. The molecule has 0 bridgehead atoms. The Hall–Kier alpha value is -2.46. The summed E-state index contributed by atoms with van der Waals surface area (Å²) >= 11 is 6.06. The van der Waals surface area contributed by atoms with Gasteiger partial charge >= 0.3 is 5.97 Å². The monoisotopic (exact) mass is 284 g/mol. The van der Waals surface area contributed by atoms with Crippen LogP contribution in [0.5, 0.6) is 0 Å². The number of benzene rings is 1. The van der Waals surface area contributed by atoms with Gasteiger partial charge < -0.3 is 4.74 Å². The molecule has 0 aliphatic carbocycles. The summed E-state index contributed by atoms with van der Waals surface area (Å²) in [5.41, 5.74) is 1.44. The highest BCUT2D eigenvalue weighted by Gasteiger charge is 2.25. The van der Waals surface area contributed by atoms with Gasteiger partial charge in [-0.05, 0) is 30.3 Å². The number of aliphatic imine (C=N–C) groups is 1. The minimum atomic E-state index is -0.509. The molecule has 1 aliphatic rings. The Labute approximate surface area is 120 Å². The molecule has 2 aromatic rings. The van der Waals surface area contributed by atoms with Gasteiger partial charge in [-0.2, -0.15) is 0 Å². The zero-order valence-electron chi connectivity index (χ0n) is 10.3. The van der Waals surface area contributed by atoms with Crippen molar-refractivity contribution in [1.29, 1.82) is 0 Å². The molecule has 3 rings (SSSR count). The van der Waals surface area contributed by atoms with E-state index in [0.717, 1.165) is 0 Å². The van der Waals surface area contributed by atoms with Crippen molar-refractivity contribution in [2.75, 3.05) is 0 Å². The number of carbonyl (C=O) groups excluding carboxylic acids is 1. The Balaban J connectivity index is 1.98. The van der Waals surface area contributed by atoms with Gasteiger partial charge in [0, 0.05) is 6.20 Å². The first-order chi connectivity index (χ1) is 9.74. The number of rotatable bonds is 2. The summed E-state index contributed by atoms with van der Waals surface area (Å²) in [4.78, 5) is 20.1. The molecule has 0 saturated carbocycles. The molecule has 20 heavy (non-hydrogen) atoms. The maximum atomic E-state index is 11.8. The quantitative estimate of drug-likeness (QED) is 0.629. The van der Waals surface area contributed by atoms with E-state index in [9.17, 15) is 4.79 Å². The fourth-order valence-electron chi connectivity index (χ4n) is 1.76. The van der Waals surface area contributed by atoms with Crippen molar-refractivity contribution in [2.24, 2.45) is 4.99 Å². The molecule has 0 spiro atoms. The Morgan fingerprint density at radius 2 is 1.90 bits per heavy atom. The molecule has 0 unspecified atom stereocenters. The van der Waals surface area contributed by atoms with E-state index >= 15 is 0 Å². The van der Waals surface area contributed by atoms with Crippen molar-refractivity contribution in [3.8, 4) is 0 Å². The molecule has 0 fully saturated rings. The minimum absolute atomic E-state index is 0.207. The highest BCUT2D eigenvalue weighted by molar-refractivity contribution is 6.34. The lowest BCUT2D eigenvalue weighted by Gasteiger charge is -2.00. The van der Waals surface area contributed by atoms with E-state index in [-0.39, 0.29) is 11.6 Å². The largest absolute Gasteiger partial charge is 0.402 e. The molecule has 5 heteroatoms. The highest BCUT2D eigenvalue weighted by atomic mass is 35.5. The summed E-state index contributed by atoms with van der Waals surface area (Å²) in [6, 6.07) is 12.5. The molecule has 2 heterocycles. The molecular weight excluding hydrogens is 276 g/mol. The third-order valence-corrected chi connectivity index (χ3v) is 3.03. The lowest BCUT2D eigenvalue weighted by atomic mass is 10.2. The minimum Gasteiger partial charge on any atom is -0.402 e. The average Bonchev–Trinajstić information content (AvgIpc) is 2.81. The van der Waals surface area contributed by atoms with Gasteiger partial charge in [-0.15, -0.1) is 0 Å². The van der Waals surface area contributed by atoms with Crippen LogP contribution in [0.3, 0.4) is 0 Å². The molecule has 0 amide bonds. The SMILES string of the molecule is O=C1OC(c2ccccc2Cl)=N/C1=C/c1ccccn1. The number of hydrogen-bond acceptors (Lipinski definition) is 4. The first kappa shape index (κ1) is 12.6. The molecule has 1 aromatic carbocycles. The van der Waals surface area contributed by atoms with Crippen LogP contribution in [0.1, 0.15) is 11.3 Å². The lowest BCUT2D eigenvalue weighted by molar-refractivity contribution is -0.129. The summed E-state index contributed by atoms with van der Waals surface area (Å²) in [5, 5.41) is 0.484. The number of carbonyl (C=O) groups is 1. The van der Waals surface area contributed by atoms with Crippen LogP contribution in [0.25, 0.3) is 6.08 Å². The standard InChI is InChI=1S/C15H9ClN2O2/c16-12-7-2-1-6-11(12)14-18-13(15(19)20-14)9-10-5-3-4-8-17-10/h1-9H/b13-9+. The predicted octanol–water partition coefficient (Wildman–Crippen LogP) is 3.08. The van der Waals surface area contributed by atoms with Crippen molar-refractivity contribution in [3.05, 3.63) is 70.6 Å². The van der Waals surface area contributed by atoms with Crippen molar-refractivity contribution < 1.29 is 9.53 Å². The Morgan fingerprint density at radius 3 is 2.65 bits per heavy atom. The van der Waals surface area contributed by atoms with Crippen LogP contribution in [0.4, 0.5) is 0 Å². The van der Waals surface area contributed by atoms with Gasteiger partial charge in [0.25, 0.3) is 0 Å². The van der Waals surface area contributed by atoms with Crippen LogP contribution >= 0.6 is 11.6 Å². The molecule has 1 aromatic heterocycles. The smallest absolute Gasteiger partial charge is 0.363 e. The maximum Gasteiger partial charge on any atom is 0.363 e. The number of ether oxygens (including phenoxy) is 1. The maximum absolute atomic E-state index is 11.8. The molecule has 0 atom stereocenters. The van der Waals surface area contributed by atoms with Crippen molar-refractivity contribution in [2.45, 2.75) is 0 Å². The molecule has 1 aliphatic heterocycles. The van der Waals surface area contributed by atoms with Gasteiger partial charge in [-0.3, -0.25) is 4.98 Å². The number of nitrogens with zero attached hydrogens (tertiary/aromatic N) is 2. The van der Waals surface area contributed by atoms with E-state index in [2.05, 4.69) is 9.98 Å². The van der Waals surface area contributed by atoms with Gasteiger partial charge in [0.05, 0.1) is 16.3 Å². The molecule has 0 saturated heterocycles. The molecular formula is C15H9ClN2O2. The van der Waals surface area contributed by atoms with Crippen LogP contribution in [-0.4, -0.2) is 16.9 Å². The Morgan fingerprint density at radius 1 is 1.10 bits per heavy atom. The van der Waals surface area contributed by atoms with Gasteiger partial charge in [0.2, 0.25) is 5.90 Å². The normalized spacial score (nSPS) is 16.1. The van der Waals surface area contributed by atoms with E-state index in [1.165, 1.54) is 0 Å². The van der Waals surface area contributed by atoms with Gasteiger partial charge in [-0.1, -0.05) is 29.8 Å². The topological polar surface area (TPSA) is 51.5 Å². The fraction of sp³-hybridized carbons (Fsp3) is 0. The van der Waals surface area contributed by atoms with Crippen LogP contribution in [0.2, 0.25) is 5.02 Å². The Bertz CT molecular complexity index is 724. The second-order valence-corrected chi connectivity index (χ2v) is 4.48. The van der Waals surface area contributed by atoms with E-state index in [0.29, 0.717) is 16.3 Å². The second-order valence-electron chi connectivity index (χ2n) is 4.07. The molecule has 98 valence electrons. The van der Waals surface area contributed by atoms with Gasteiger partial charge in [-0.25, -0.2) is 9.79 Å². The summed E-state index contributed by atoms with van der Waals surface area (Å²) < 4.78 is 5.14. The zero-order chi connectivity index (χ0) is 13.9. The van der Waals surface area contributed by atoms with E-state index in [1.807, 2.05) is 6.07 Å². The number of pyridine rings is 1. The summed E-state index contributed by atoms with van der Waals surface area (Å²) in [6.45, 7) is 0. The van der Waals surface area contributed by atoms with Crippen LogP contribution < -0.4 is 0 Å². The number of cyclic esters (lactones) is 1. The molecule has 0 radical (unpaired) electrons. The van der Waals surface area contributed by atoms with Crippen molar-refractivity contribution >= 4 is 29.5 Å². The van der Waals surface area contributed by atoms with E-state index in [4.69, 9.17) is 16.3 Å². The predicted molar refractivity (Wildman–Crippen MR) is 76.3 cm³/mol. The van der Waals surface area contributed by atoms with Crippen LogP contribution in [0, 0.1) is 0 Å². The molecule has 0 N–H and O–H groups in total. The third-order valence-electron chi connectivity index (χ3n) is 2.70. The summed E-state index contributed by atoms with van der Waals surface area (Å²) in [5.74, 6) is -0.298. The third kappa shape index (κ3) is 2.46. The van der Waals surface area contributed by atoms with Crippen LogP contribution in [-0.2, 0) is 9.53 Å². The lowest BCUT2D eigenvalue weighted by Crippen LogP contribution is -2.05. The first-order valence-corrected chi connectivity index (χ1v) is 6.30. The summed E-state index contributed by atoms with van der Waals surface area (Å²) in [6.07, 6.45) is 3.22. The average molecular weight is 285 g/mol. The zero-order valence-corrected chi connectivity index (χ0v) is 11.0. The Kier molecular flexibility index (Phi) is 3.31. The fourth-order valence-corrected chi connectivity index (χ4v) is 1.98. The number of aromatic nitrogens is 1. The van der Waals surface area contributed by atoms with Gasteiger partial charge in [0.1, 0.15) is 0 Å². The van der Waals surface area contributed by atoms with Crippen molar-refractivity contribution in [1.82, 2.24) is 4.98 Å². The van der Waals surface area contributed by atoms with E-state index < -0.39 is 5.97 Å². The first-order valence-electron chi connectivity index (χ1n) is 5.92. The van der Waals surface area contributed by atoms with Crippen molar-refractivity contribution in [3.63, 3.8) is 0 Å². The van der Waals surface area contributed by atoms with Crippen LogP contribution in [0.15, 0.2) is 59.4 Å². The second kappa shape index (κ2) is 5.27. The summed E-state index contributed by atoms with van der Waals surface area (Å²) in [7, 11) is 0. The number of halogens is 1. The number of esters is 1.